The van der Waals surface area contributed by atoms with Crippen LogP contribution in [0.4, 0.5) is 0 Å². The van der Waals surface area contributed by atoms with Crippen LogP contribution >= 0.6 is 11.6 Å². The lowest BCUT2D eigenvalue weighted by molar-refractivity contribution is -0.133. The first-order valence-electron chi connectivity index (χ1n) is 9.65. The fourth-order valence-corrected chi connectivity index (χ4v) is 3.98. The molecular weight excluding hydrogens is 360 g/mol. The van der Waals surface area contributed by atoms with Gasteiger partial charge in [0.1, 0.15) is 0 Å². The standard InChI is InChI=1S/C21H29ClN4O/c1-14(2)13-26-16(4)19(15(3)24-26)11-21(27)25-9-8-23-12-20(25)17-6-5-7-18(22)10-17/h5-7,10,14,20,23H,8-9,11-13H2,1-4H3. The summed E-state index contributed by atoms with van der Waals surface area (Å²) in [6.45, 7) is 11.6. The molecule has 1 aliphatic heterocycles. The smallest absolute Gasteiger partial charge is 0.227 e. The van der Waals surface area contributed by atoms with Crippen molar-refractivity contribution in [2.24, 2.45) is 5.92 Å². The number of aromatic nitrogens is 2. The van der Waals surface area contributed by atoms with Gasteiger partial charge in [-0.3, -0.25) is 9.48 Å². The maximum Gasteiger partial charge on any atom is 0.227 e. The van der Waals surface area contributed by atoms with Crippen LogP contribution in [-0.4, -0.2) is 40.2 Å². The Kier molecular flexibility index (Phi) is 6.22. The number of benzene rings is 1. The van der Waals surface area contributed by atoms with Gasteiger partial charge in [0.15, 0.2) is 0 Å². The van der Waals surface area contributed by atoms with Gasteiger partial charge in [0, 0.05) is 42.5 Å². The Bertz CT molecular complexity index is 815. The molecule has 0 radical (unpaired) electrons. The van der Waals surface area contributed by atoms with Gasteiger partial charge in [0.2, 0.25) is 5.91 Å². The molecule has 3 rings (SSSR count). The van der Waals surface area contributed by atoms with E-state index < -0.39 is 0 Å². The van der Waals surface area contributed by atoms with Crippen LogP contribution in [0.15, 0.2) is 24.3 Å². The van der Waals surface area contributed by atoms with Crippen molar-refractivity contribution in [3.8, 4) is 0 Å². The molecule has 1 amide bonds. The number of hydrogen-bond donors (Lipinski definition) is 1. The highest BCUT2D eigenvalue weighted by molar-refractivity contribution is 6.30. The van der Waals surface area contributed by atoms with Gasteiger partial charge in [-0.25, -0.2) is 0 Å². The summed E-state index contributed by atoms with van der Waals surface area (Å²) < 4.78 is 2.04. The third-order valence-electron chi connectivity index (χ3n) is 5.19. The Hall–Kier alpha value is -1.85. The second-order valence-electron chi connectivity index (χ2n) is 7.76. The van der Waals surface area contributed by atoms with E-state index in [4.69, 9.17) is 11.6 Å². The number of carbonyl (C=O) groups excluding carboxylic acids is 1. The van der Waals surface area contributed by atoms with Crippen LogP contribution < -0.4 is 5.32 Å². The molecule has 1 aliphatic rings. The summed E-state index contributed by atoms with van der Waals surface area (Å²) in [5, 5.41) is 8.75. The van der Waals surface area contributed by atoms with Crippen LogP contribution in [0.25, 0.3) is 0 Å². The fraction of sp³-hybridized carbons (Fsp3) is 0.524. The minimum atomic E-state index is 0.0104. The molecule has 1 atom stereocenters. The molecule has 27 heavy (non-hydrogen) atoms. The molecule has 0 aliphatic carbocycles. The van der Waals surface area contributed by atoms with Gasteiger partial charge in [-0.05, 0) is 37.5 Å². The zero-order valence-corrected chi connectivity index (χ0v) is 17.4. The van der Waals surface area contributed by atoms with Crippen molar-refractivity contribution in [1.82, 2.24) is 20.0 Å². The molecule has 2 aromatic rings. The van der Waals surface area contributed by atoms with E-state index in [1.54, 1.807) is 0 Å². The Balaban J connectivity index is 1.81. The average Bonchev–Trinajstić information content (AvgIpc) is 2.88. The number of rotatable bonds is 5. The van der Waals surface area contributed by atoms with Crippen LogP contribution in [0.1, 0.15) is 42.4 Å². The van der Waals surface area contributed by atoms with Gasteiger partial charge in [-0.2, -0.15) is 5.10 Å². The first kappa shape index (κ1) is 19.9. The third-order valence-corrected chi connectivity index (χ3v) is 5.43. The molecule has 1 N–H and O–H groups in total. The topological polar surface area (TPSA) is 50.2 Å². The molecule has 0 bridgehead atoms. The number of hydrogen-bond acceptors (Lipinski definition) is 3. The summed E-state index contributed by atoms with van der Waals surface area (Å²) in [5.41, 5.74) is 4.19. The average molecular weight is 389 g/mol. The number of nitrogens with one attached hydrogen (secondary N) is 1. The van der Waals surface area contributed by atoms with Crippen LogP contribution in [-0.2, 0) is 17.8 Å². The van der Waals surface area contributed by atoms with Gasteiger partial charge in [0.25, 0.3) is 0 Å². The number of carbonyl (C=O) groups is 1. The third kappa shape index (κ3) is 4.53. The molecule has 1 fully saturated rings. The predicted molar refractivity (Wildman–Crippen MR) is 109 cm³/mol. The lowest BCUT2D eigenvalue weighted by atomic mass is 10.0. The number of aryl methyl sites for hydroxylation is 1. The van der Waals surface area contributed by atoms with Gasteiger partial charge in [-0.1, -0.05) is 37.6 Å². The van der Waals surface area contributed by atoms with Crippen molar-refractivity contribution in [3.05, 3.63) is 51.8 Å². The van der Waals surface area contributed by atoms with E-state index in [1.807, 2.05) is 40.8 Å². The Morgan fingerprint density at radius 2 is 2.15 bits per heavy atom. The Morgan fingerprint density at radius 3 is 2.85 bits per heavy atom. The normalized spacial score (nSPS) is 17.6. The van der Waals surface area contributed by atoms with Crippen LogP contribution in [0.2, 0.25) is 5.02 Å². The predicted octanol–water partition coefficient (Wildman–Crippen LogP) is 3.52. The zero-order valence-electron chi connectivity index (χ0n) is 16.6. The minimum Gasteiger partial charge on any atom is -0.333 e. The SMILES string of the molecule is Cc1nn(CC(C)C)c(C)c1CC(=O)N1CCNCC1c1cccc(Cl)c1. The molecule has 146 valence electrons. The molecular formula is C21H29ClN4O. The van der Waals surface area contributed by atoms with Crippen molar-refractivity contribution < 1.29 is 4.79 Å². The van der Waals surface area contributed by atoms with Crippen molar-refractivity contribution in [3.63, 3.8) is 0 Å². The first-order chi connectivity index (χ1) is 12.9. The maximum atomic E-state index is 13.2. The van der Waals surface area contributed by atoms with E-state index in [-0.39, 0.29) is 11.9 Å². The number of halogens is 1. The van der Waals surface area contributed by atoms with Gasteiger partial charge in [-0.15, -0.1) is 0 Å². The van der Waals surface area contributed by atoms with E-state index in [2.05, 4.69) is 31.2 Å². The molecule has 1 unspecified atom stereocenters. The Labute approximate surface area is 166 Å². The van der Waals surface area contributed by atoms with Crippen molar-refractivity contribution >= 4 is 17.5 Å². The summed E-state index contributed by atoms with van der Waals surface area (Å²) in [6, 6.07) is 7.82. The molecule has 1 aromatic heterocycles. The second kappa shape index (κ2) is 8.44. The highest BCUT2D eigenvalue weighted by Crippen LogP contribution is 2.26. The molecule has 0 spiro atoms. The van der Waals surface area contributed by atoms with Crippen molar-refractivity contribution in [1.29, 1.82) is 0 Å². The lowest BCUT2D eigenvalue weighted by Gasteiger charge is -2.36. The van der Waals surface area contributed by atoms with Gasteiger partial charge in [0.05, 0.1) is 18.2 Å². The summed E-state index contributed by atoms with van der Waals surface area (Å²) in [4.78, 5) is 15.2. The summed E-state index contributed by atoms with van der Waals surface area (Å²) in [6.07, 6.45) is 0.396. The number of amides is 1. The summed E-state index contributed by atoms with van der Waals surface area (Å²) in [7, 11) is 0. The summed E-state index contributed by atoms with van der Waals surface area (Å²) in [5.74, 6) is 0.670. The molecule has 1 aromatic carbocycles. The Morgan fingerprint density at radius 1 is 1.37 bits per heavy atom. The largest absolute Gasteiger partial charge is 0.333 e. The maximum absolute atomic E-state index is 13.2. The van der Waals surface area contributed by atoms with Crippen LogP contribution in [0.5, 0.6) is 0 Å². The molecule has 2 heterocycles. The van der Waals surface area contributed by atoms with Crippen molar-refractivity contribution in [2.75, 3.05) is 19.6 Å². The van der Waals surface area contributed by atoms with Crippen LogP contribution in [0.3, 0.4) is 0 Å². The van der Waals surface area contributed by atoms with E-state index in [1.165, 1.54) is 0 Å². The van der Waals surface area contributed by atoms with Gasteiger partial charge >= 0.3 is 0 Å². The fourth-order valence-electron chi connectivity index (χ4n) is 3.78. The molecule has 6 heteroatoms. The van der Waals surface area contributed by atoms with E-state index >= 15 is 0 Å². The zero-order chi connectivity index (χ0) is 19.6. The molecule has 5 nitrogen and oxygen atoms in total. The van der Waals surface area contributed by atoms with E-state index in [0.717, 1.165) is 42.1 Å². The number of nitrogens with zero attached hydrogens (tertiary/aromatic N) is 3. The summed E-state index contributed by atoms with van der Waals surface area (Å²) >= 11 is 6.17. The van der Waals surface area contributed by atoms with E-state index in [0.29, 0.717) is 23.9 Å². The molecule has 0 saturated carbocycles. The first-order valence-corrected chi connectivity index (χ1v) is 10.0. The van der Waals surface area contributed by atoms with E-state index in [9.17, 15) is 4.79 Å². The highest BCUT2D eigenvalue weighted by Gasteiger charge is 2.29. The quantitative estimate of drug-likeness (QED) is 0.852. The molecule has 1 saturated heterocycles. The lowest BCUT2D eigenvalue weighted by Crippen LogP contribution is -2.49. The van der Waals surface area contributed by atoms with Gasteiger partial charge < -0.3 is 10.2 Å². The highest BCUT2D eigenvalue weighted by atomic mass is 35.5. The minimum absolute atomic E-state index is 0.0104. The second-order valence-corrected chi connectivity index (χ2v) is 8.20. The van der Waals surface area contributed by atoms with Crippen LogP contribution in [0, 0.1) is 19.8 Å². The monoisotopic (exact) mass is 388 g/mol. The number of piperazine rings is 1. The van der Waals surface area contributed by atoms with Crippen molar-refractivity contribution in [2.45, 2.75) is 46.7 Å².